The summed E-state index contributed by atoms with van der Waals surface area (Å²) in [7, 11) is 0. The largest absolute Gasteiger partial charge is 0.382 e. The van der Waals surface area contributed by atoms with Gasteiger partial charge in [-0.05, 0) is 55.7 Å². The van der Waals surface area contributed by atoms with Crippen LogP contribution in [0.1, 0.15) is 18.4 Å². The van der Waals surface area contributed by atoms with Crippen molar-refractivity contribution in [3.8, 4) is 5.69 Å². The molecule has 3 aromatic rings. The van der Waals surface area contributed by atoms with Gasteiger partial charge in [-0.25, -0.2) is 13.5 Å². The molecular formula is C23H26F2N6O. The Labute approximate surface area is 185 Å². The Morgan fingerprint density at radius 2 is 1.69 bits per heavy atom. The van der Waals surface area contributed by atoms with Crippen molar-refractivity contribution in [1.29, 1.82) is 0 Å². The number of morpholine rings is 1. The summed E-state index contributed by atoms with van der Waals surface area (Å²) in [5.74, 6) is -0.972. The first kappa shape index (κ1) is 20.8. The van der Waals surface area contributed by atoms with Crippen molar-refractivity contribution < 1.29 is 13.5 Å². The van der Waals surface area contributed by atoms with Gasteiger partial charge in [-0.3, -0.25) is 4.90 Å². The summed E-state index contributed by atoms with van der Waals surface area (Å²) < 4.78 is 33.8. The fourth-order valence-corrected chi connectivity index (χ4v) is 4.37. The fourth-order valence-electron chi connectivity index (χ4n) is 4.37. The molecule has 1 aliphatic heterocycles. The van der Waals surface area contributed by atoms with Crippen LogP contribution in [0.15, 0.2) is 42.7 Å². The van der Waals surface area contributed by atoms with Crippen LogP contribution in [0.5, 0.6) is 0 Å². The highest BCUT2D eigenvalue weighted by molar-refractivity contribution is 5.63. The van der Waals surface area contributed by atoms with Crippen LogP contribution in [0.4, 0.5) is 26.1 Å². The second-order valence-corrected chi connectivity index (χ2v) is 8.47. The molecule has 7 nitrogen and oxygen atoms in total. The Morgan fingerprint density at radius 3 is 2.44 bits per heavy atom. The van der Waals surface area contributed by atoms with Crippen molar-refractivity contribution in [2.24, 2.45) is 0 Å². The summed E-state index contributed by atoms with van der Waals surface area (Å²) >= 11 is 0. The van der Waals surface area contributed by atoms with Crippen molar-refractivity contribution >= 4 is 17.3 Å². The number of hydrogen-bond donors (Lipinski definition) is 2. The van der Waals surface area contributed by atoms with E-state index in [4.69, 9.17) is 4.74 Å². The van der Waals surface area contributed by atoms with Gasteiger partial charge >= 0.3 is 0 Å². The zero-order valence-corrected chi connectivity index (χ0v) is 17.9. The number of benzene rings is 2. The predicted octanol–water partition coefficient (Wildman–Crippen LogP) is 3.87. The van der Waals surface area contributed by atoms with Crippen LogP contribution in [0.3, 0.4) is 0 Å². The molecule has 0 unspecified atom stereocenters. The number of nitrogens with one attached hydrogen (secondary N) is 2. The monoisotopic (exact) mass is 440 g/mol. The van der Waals surface area contributed by atoms with Gasteiger partial charge in [-0.15, -0.1) is 5.10 Å². The van der Waals surface area contributed by atoms with Crippen LogP contribution in [-0.2, 0) is 4.74 Å². The molecule has 1 aromatic heterocycles. The number of aryl methyl sites for hydroxylation is 1. The Kier molecular flexibility index (Phi) is 5.75. The molecule has 5 rings (SSSR count). The van der Waals surface area contributed by atoms with E-state index >= 15 is 0 Å². The lowest BCUT2D eigenvalue weighted by Crippen LogP contribution is -2.53. The van der Waals surface area contributed by atoms with Gasteiger partial charge in [0.15, 0.2) is 0 Å². The van der Waals surface area contributed by atoms with Gasteiger partial charge in [0.25, 0.3) is 0 Å². The maximum Gasteiger partial charge on any atom is 0.246 e. The first-order chi connectivity index (χ1) is 15.5. The molecule has 1 aliphatic carbocycles. The van der Waals surface area contributed by atoms with Crippen LogP contribution in [0, 0.1) is 18.6 Å². The van der Waals surface area contributed by atoms with Crippen LogP contribution in [0.25, 0.3) is 5.69 Å². The summed E-state index contributed by atoms with van der Waals surface area (Å²) in [6.07, 6.45) is 3.69. The molecule has 2 heterocycles. The zero-order chi connectivity index (χ0) is 22.1. The maximum absolute atomic E-state index is 13.5. The molecule has 2 aliphatic rings. The number of halogens is 2. The average Bonchev–Trinajstić information content (AvgIpc) is 3.18. The Morgan fingerprint density at radius 1 is 0.969 bits per heavy atom. The molecular weight excluding hydrogens is 414 g/mol. The van der Waals surface area contributed by atoms with E-state index < -0.39 is 11.6 Å². The molecule has 2 fully saturated rings. The lowest BCUT2D eigenvalue weighted by molar-refractivity contribution is -0.00436. The molecule has 32 heavy (non-hydrogen) atoms. The first-order valence-corrected chi connectivity index (χ1v) is 10.9. The summed E-state index contributed by atoms with van der Waals surface area (Å²) in [4.78, 5) is 6.74. The molecule has 0 spiro atoms. The third-order valence-electron chi connectivity index (χ3n) is 5.98. The molecule has 0 radical (unpaired) electrons. The minimum absolute atomic E-state index is 0.273. The Balaban J connectivity index is 1.22. The van der Waals surface area contributed by atoms with Crippen molar-refractivity contribution in [2.45, 2.75) is 31.8 Å². The van der Waals surface area contributed by atoms with Gasteiger partial charge in [0.2, 0.25) is 5.95 Å². The van der Waals surface area contributed by atoms with Crippen molar-refractivity contribution in [3.05, 3.63) is 59.9 Å². The molecule has 2 N–H and O–H groups in total. The normalized spacial score (nSPS) is 21.2. The minimum atomic E-state index is -0.661. The SMILES string of the molecule is Cc1cc(Nc2ncn(-c3cc(F)cc(F)c3)n2)cc(NC2CC(N3CCOCC3)C2)c1. The summed E-state index contributed by atoms with van der Waals surface area (Å²) in [6, 6.07) is 10.5. The minimum Gasteiger partial charge on any atom is -0.382 e. The highest BCUT2D eigenvalue weighted by Crippen LogP contribution is 2.30. The quantitative estimate of drug-likeness (QED) is 0.607. The van der Waals surface area contributed by atoms with Crippen molar-refractivity contribution in [2.75, 3.05) is 36.9 Å². The van der Waals surface area contributed by atoms with Crippen LogP contribution >= 0.6 is 0 Å². The zero-order valence-electron chi connectivity index (χ0n) is 17.9. The van der Waals surface area contributed by atoms with Gasteiger partial charge in [0, 0.05) is 42.6 Å². The number of ether oxygens (including phenoxy) is 1. The third kappa shape index (κ3) is 4.73. The number of hydrogen-bond acceptors (Lipinski definition) is 6. The number of aromatic nitrogens is 3. The lowest BCUT2D eigenvalue weighted by atomic mass is 9.85. The maximum atomic E-state index is 13.5. The van der Waals surface area contributed by atoms with Gasteiger partial charge in [0.1, 0.15) is 18.0 Å². The molecule has 0 amide bonds. The smallest absolute Gasteiger partial charge is 0.246 e. The summed E-state index contributed by atoms with van der Waals surface area (Å²) in [5, 5.41) is 11.1. The predicted molar refractivity (Wildman–Crippen MR) is 119 cm³/mol. The first-order valence-electron chi connectivity index (χ1n) is 10.9. The van der Waals surface area contributed by atoms with E-state index in [0.29, 0.717) is 18.0 Å². The molecule has 1 saturated heterocycles. The van der Waals surface area contributed by atoms with Gasteiger partial charge in [-0.1, -0.05) is 0 Å². The highest BCUT2D eigenvalue weighted by atomic mass is 19.1. The molecule has 168 valence electrons. The molecule has 1 saturated carbocycles. The summed E-state index contributed by atoms with van der Waals surface area (Å²) in [6.45, 7) is 5.75. The van der Waals surface area contributed by atoms with E-state index in [1.54, 1.807) is 0 Å². The number of nitrogens with zero attached hydrogens (tertiary/aromatic N) is 4. The molecule has 9 heteroatoms. The van der Waals surface area contributed by atoms with Gasteiger partial charge in [0.05, 0.1) is 18.9 Å². The Hall–Kier alpha value is -3.04. The third-order valence-corrected chi connectivity index (χ3v) is 5.98. The van der Waals surface area contributed by atoms with Crippen molar-refractivity contribution in [1.82, 2.24) is 19.7 Å². The average molecular weight is 440 g/mol. The number of anilines is 3. The topological polar surface area (TPSA) is 67.2 Å². The van der Waals surface area contributed by atoms with Crippen LogP contribution < -0.4 is 10.6 Å². The highest BCUT2D eigenvalue weighted by Gasteiger charge is 2.34. The van der Waals surface area contributed by atoms with Gasteiger partial charge in [-0.2, -0.15) is 4.98 Å². The van der Waals surface area contributed by atoms with E-state index in [9.17, 15) is 8.78 Å². The van der Waals surface area contributed by atoms with Crippen molar-refractivity contribution in [3.63, 3.8) is 0 Å². The van der Waals surface area contributed by atoms with E-state index in [0.717, 1.165) is 62.1 Å². The second-order valence-electron chi connectivity index (χ2n) is 8.47. The van der Waals surface area contributed by atoms with Crippen LogP contribution in [-0.4, -0.2) is 58.1 Å². The summed E-state index contributed by atoms with van der Waals surface area (Å²) in [5.41, 5.74) is 3.27. The van der Waals surface area contributed by atoms with E-state index in [-0.39, 0.29) is 5.69 Å². The second kappa shape index (κ2) is 8.84. The lowest BCUT2D eigenvalue weighted by Gasteiger charge is -2.45. The van der Waals surface area contributed by atoms with E-state index in [1.165, 1.54) is 23.1 Å². The van der Waals surface area contributed by atoms with Gasteiger partial charge < -0.3 is 15.4 Å². The Bertz CT molecular complexity index is 1070. The fraction of sp³-hybridized carbons (Fsp3) is 0.391. The standard InChI is InChI=1S/C23H26F2N6O/c1-15-6-18(27-20-12-21(13-20)30-2-4-32-5-3-30)11-19(7-15)28-23-26-14-31(29-23)22-9-16(24)8-17(25)10-22/h6-11,14,20-21,27H,2-5,12-13H2,1H3,(H,28,29). The molecule has 0 bridgehead atoms. The van der Waals surface area contributed by atoms with E-state index in [2.05, 4.69) is 31.7 Å². The number of rotatable bonds is 6. The van der Waals surface area contributed by atoms with E-state index in [1.807, 2.05) is 19.1 Å². The molecule has 2 aromatic carbocycles. The van der Waals surface area contributed by atoms with Crippen LogP contribution in [0.2, 0.25) is 0 Å². The molecule has 0 atom stereocenters.